The van der Waals surface area contributed by atoms with Crippen molar-refractivity contribution in [3.05, 3.63) is 140 Å². The lowest BCUT2D eigenvalue weighted by Gasteiger charge is -2.07. The molecule has 2 aromatic heterocycles. The molecule has 174 valence electrons. The Balaban J connectivity index is 1.27. The lowest BCUT2D eigenvalue weighted by Crippen LogP contribution is -1.85. The molecule has 0 bridgehead atoms. The van der Waals surface area contributed by atoms with Gasteiger partial charge in [0.1, 0.15) is 0 Å². The number of benzene rings is 5. The van der Waals surface area contributed by atoms with Gasteiger partial charge in [0.2, 0.25) is 0 Å². The number of fused-ring (bicyclic) bond motifs is 3. The monoisotopic (exact) mass is 489 g/mol. The minimum atomic E-state index is 0.993. The summed E-state index contributed by atoms with van der Waals surface area (Å²) < 4.78 is 2.68. The molecular weight excluding hydrogens is 466 g/mol. The molecule has 0 radical (unpaired) electrons. The largest absolute Gasteiger partial charge is 0.256 e. The average molecular weight is 490 g/mol. The van der Waals surface area contributed by atoms with Gasteiger partial charge in [-0.1, -0.05) is 127 Å². The van der Waals surface area contributed by atoms with E-state index in [1.54, 1.807) is 0 Å². The van der Waals surface area contributed by atoms with Gasteiger partial charge in [-0.2, -0.15) is 0 Å². The topological polar surface area (TPSA) is 12.9 Å². The van der Waals surface area contributed by atoms with E-state index in [0.717, 1.165) is 16.8 Å². The SMILES string of the molecule is c1ccc(-c2ccc(-c3ccc(-c4cccc5c4sc4c(-c6ccccc6)cccc45)cc3)cn2)cc1. The predicted molar refractivity (Wildman–Crippen MR) is 159 cm³/mol. The maximum Gasteiger partial charge on any atom is 0.0702 e. The average Bonchev–Trinajstić information content (AvgIpc) is 3.37. The van der Waals surface area contributed by atoms with Crippen LogP contribution in [-0.2, 0) is 0 Å². The zero-order valence-electron chi connectivity index (χ0n) is 20.1. The van der Waals surface area contributed by atoms with Gasteiger partial charge in [0.25, 0.3) is 0 Å². The quantitative estimate of drug-likeness (QED) is 0.240. The molecule has 7 aromatic rings. The molecule has 0 aliphatic carbocycles. The van der Waals surface area contributed by atoms with Crippen molar-refractivity contribution in [3.8, 4) is 44.6 Å². The van der Waals surface area contributed by atoms with Crippen molar-refractivity contribution in [2.75, 3.05) is 0 Å². The second-order valence-electron chi connectivity index (χ2n) is 9.21. The molecule has 0 aliphatic rings. The molecule has 0 fully saturated rings. The highest BCUT2D eigenvalue weighted by Gasteiger charge is 2.13. The van der Waals surface area contributed by atoms with Crippen LogP contribution in [0.4, 0.5) is 0 Å². The van der Waals surface area contributed by atoms with Crippen LogP contribution in [0.2, 0.25) is 0 Å². The maximum atomic E-state index is 4.71. The summed E-state index contributed by atoms with van der Waals surface area (Å²) in [7, 11) is 0. The Morgan fingerprint density at radius 2 is 0.892 bits per heavy atom. The van der Waals surface area contributed by atoms with Gasteiger partial charge >= 0.3 is 0 Å². The van der Waals surface area contributed by atoms with Gasteiger partial charge < -0.3 is 0 Å². The van der Waals surface area contributed by atoms with Crippen LogP contribution in [-0.4, -0.2) is 4.98 Å². The molecule has 2 heteroatoms. The molecule has 0 atom stereocenters. The summed E-state index contributed by atoms with van der Waals surface area (Å²) in [6.07, 6.45) is 1.97. The summed E-state index contributed by atoms with van der Waals surface area (Å²) in [6.45, 7) is 0. The van der Waals surface area contributed by atoms with Gasteiger partial charge in [0, 0.05) is 37.5 Å². The van der Waals surface area contributed by atoms with Crippen molar-refractivity contribution >= 4 is 31.5 Å². The van der Waals surface area contributed by atoms with Crippen molar-refractivity contribution in [2.24, 2.45) is 0 Å². The fourth-order valence-corrected chi connectivity index (χ4v) is 6.45. The third-order valence-corrected chi connectivity index (χ3v) is 8.26. The molecule has 0 saturated heterocycles. The molecule has 0 spiro atoms. The Hall–Kier alpha value is -4.53. The van der Waals surface area contributed by atoms with E-state index in [0.29, 0.717) is 0 Å². The molecule has 0 amide bonds. The first kappa shape index (κ1) is 21.7. The Kier molecular flexibility index (Phi) is 5.38. The first-order valence-electron chi connectivity index (χ1n) is 12.5. The third-order valence-electron chi connectivity index (χ3n) is 6.97. The number of hydrogen-bond acceptors (Lipinski definition) is 2. The number of rotatable bonds is 4. The minimum Gasteiger partial charge on any atom is -0.256 e. The highest BCUT2D eigenvalue weighted by atomic mass is 32.1. The summed E-state index contributed by atoms with van der Waals surface area (Å²) >= 11 is 1.89. The van der Waals surface area contributed by atoms with Gasteiger partial charge in [-0.3, -0.25) is 4.98 Å². The highest BCUT2D eigenvalue weighted by molar-refractivity contribution is 7.26. The highest BCUT2D eigenvalue weighted by Crippen LogP contribution is 2.43. The first-order chi connectivity index (χ1) is 18.3. The molecule has 5 aromatic carbocycles. The van der Waals surface area contributed by atoms with E-state index in [9.17, 15) is 0 Å². The molecule has 0 saturated carbocycles. The van der Waals surface area contributed by atoms with E-state index in [-0.39, 0.29) is 0 Å². The van der Waals surface area contributed by atoms with Gasteiger partial charge in [0.05, 0.1) is 5.69 Å². The van der Waals surface area contributed by atoms with Crippen LogP contribution in [0.5, 0.6) is 0 Å². The van der Waals surface area contributed by atoms with E-state index < -0.39 is 0 Å². The van der Waals surface area contributed by atoms with Crippen LogP contribution in [0.1, 0.15) is 0 Å². The van der Waals surface area contributed by atoms with E-state index in [1.165, 1.54) is 48.0 Å². The van der Waals surface area contributed by atoms with Crippen molar-refractivity contribution in [1.82, 2.24) is 4.98 Å². The number of aromatic nitrogens is 1. The summed E-state index contributed by atoms with van der Waals surface area (Å²) in [6, 6.07) is 47.4. The van der Waals surface area contributed by atoms with Gasteiger partial charge in [-0.05, 0) is 33.9 Å². The molecule has 0 aliphatic heterocycles. The lowest BCUT2D eigenvalue weighted by atomic mass is 9.98. The fourth-order valence-electron chi connectivity index (χ4n) is 5.08. The molecule has 0 unspecified atom stereocenters. The summed E-state index contributed by atoms with van der Waals surface area (Å²) in [5.41, 5.74) is 9.50. The zero-order valence-corrected chi connectivity index (χ0v) is 21.0. The zero-order chi connectivity index (χ0) is 24.6. The van der Waals surface area contributed by atoms with E-state index in [2.05, 4.69) is 115 Å². The third kappa shape index (κ3) is 3.92. The second-order valence-corrected chi connectivity index (χ2v) is 10.2. The van der Waals surface area contributed by atoms with Crippen molar-refractivity contribution < 1.29 is 0 Å². The Labute approximate surface area is 220 Å². The normalized spacial score (nSPS) is 11.2. The number of pyridine rings is 1. The Morgan fingerprint density at radius 1 is 0.378 bits per heavy atom. The van der Waals surface area contributed by atoms with Crippen LogP contribution < -0.4 is 0 Å². The van der Waals surface area contributed by atoms with E-state index in [4.69, 9.17) is 4.98 Å². The summed E-state index contributed by atoms with van der Waals surface area (Å²) in [4.78, 5) is 4.71. The standard InChI is InChI=1S/C35H23NS/c1-3-9-25(10-4-1)29-13-7-15-31-32-16-8-14-30(35(32)37-34(29)31)26-19-17-24(18-20-26)28-21-22-33(36-23-28)27-11-5-2-6-12-27/h1-23H. The van der Waals surface area contributed by atoms with Gasteiger partial charge in [0.15, 0.2) is 0 Å². The molecule has 0 N–H and O–H groups in total. The van der Waals surface area contributed by atoms with Crippen molar-refractivity contribution in [2.45, 2.75) is 0 Å². The van der Waals surface area contributed by atoms with E-state index >= 15 is 0 Å². The summed E-state index contributed by atoms with van der Waals surface area (Å²) in [5.74, 6) is 0. The van der Waals surface area contributed by atoms with Crippen LogP contribution >= 0.6 is 11.3 Å². The Morgan fingerprint density at radius 3 is 1.46 bits per heavy atom. The first-order valence-corrected chi connectivity index (χ1v) is 13.3. The number of nitrogens with zero attached hydrogens (tertiary/aromatic N) is 1. The second kappa shape index (κ2) is 9.16. The van der Waals surface area contributed by atoms with E-state index in [1.807, 2.05) is 35.7 Å². The van der Waals surface area contributed by atoms with Crippen molar-refractivity contribution in [1.29, 1.82) is 0 Å². The van der Waals surface area contributed by atoms with Gasteiger partial charge in [-0.15, -0.1) is 11.3 Å². The molecule has 7 rings (SSSR count). The van der Waals surface area contributed by atoms with Gasteiger partial charge in [-0.25, -0.2) is 0 Å². The molecular formula is C35H23NS. The van der Waals surface area contributed by atoms with Crippen LogP contribution in [0.25, 0.3) is 64.8 Å². The van der Waals surface area contributed by atoms with Crippen LogP contribution in [0.15, 0.2) is 140 Å². The molecule has 2 heterocycles. The maximum absolute atomic E-state index is 4.71. The minimum absolute atomic E-state index is 0.993. The van der Waals surface area contributed by atoms with Crippen LogP contribution in [0, 0.1) is 0 Å². The summed E-state index contributed by atoms with van der Waals surface area (Å²) in [5, 5.41) is 2.64. The number of hydrogen-bond donors (Lipinski definition) is 0. The van der Waals surface area contributed by atoms with Crippen molar-refractivity contribution in [3.63, 3.8) is 0 Å². The predicted octanol–water partition coefficient (Wildman–Crippen LogP) is 10.1. The Bertz CT molecular complexity index is 1830. The van der Waals surface area contributed by atoms with Crippen LogP contribution in [0.3, 0.4) is 0 Å². The fraction of sp³-hybridized carbons (Fsp3) is 0. The smallest absolute Gasteiger partial charge is 0.0702 e. The number of thiophene rings is 1. The molecule has 37 heavy (non-hydrogen) atoms. The molecule has 1 nitrogen and oxygen atoms in total. The lowest BCUT2D eigenvalue weighted by molar-refractivity contribution is 1.32.